The SMILES string of the molecule is CCCCCCCCCCCCCCCC/C=C/CC/C=C/CCCC(=O)O[C@H](COC(=O)CCCCCCCCCCCCCCC)CO[C@H]1O[C@@H](CO[C@H]2O[C@@H](CO)[C@@H](O)C(O)C2O)[C@@H](O)C(O)C1O. The Morgan fingerprint density at radius 2 is 0.819 bits per heavy atom. The maximum absolute atomic E-state index is 13.0. The molecule has 0 aromatic rings. The van der Waals surface area contributed by atoms with Crippen LogP contribution in [-0.2, 0) is 38.0 Å². The van der Waals surface area contributed by atoms with Gasteiger partial charge in [-0.1, -0.05) is 199 Å². The van der Waals surface area contributed by atoms with E-state index < -0.39 is 99.3 Å². The zero-order valence-corrected chi connectivity index (χ0v) is 44.9. The molecular formula is C57H104O15. The fraction of sp³-hybridized carbons (Fsp3) is 0.895. The number of ether oxygens (including phenoxy) is 6. The van der Waals surface area contributed by atoms with Crippen molar-refractivity contribution in [3.05, 3.63) is 24.3 Å². The van der Waals surface area contributed by atoms with Crippen molar-refractivity contribution in [3.8, 4) is 0 Å². The first kappa shape index (κ1) is 66.1. The molecule has 2 saturated heterocycles. The number of rotatable bonds is 46. The van der Waals surface area contributed by atoms with Crippen molar-refractivity contribution in [2.45, 2.75) is 300 Å². The molecule has 0 aromatic heterocycles. The van der Waals surface area contributed by atoms with Crippen LogP contribution in [0.15, 0.2) is 24.3 Å². The molecule has 0 amide bonds. The highest BCUT2D eigenvalue weighted by Gasteiger charge is 2.47. The molecule has 0 radical (unpaired) electrons. The number of aliphatic hydroxyl groups excluding tert-OH is 7. The second-order valence-corrected chi connectivity index (χ2v) is 20.5. The van der Waals surface area contributed by atoms with Crippen LogP contribution in [0.5, 0.6) is 0 Å². The van der Waals surface area contributed by atoms with Crippen LogP contribution in [0.1, 0.15) is 232 Å². The Kier molecular flexibility index (Phi) is 40.5. The summed E-state index contributed by atoms with van der Waals surface area (Å²) in [6.07, 6.45) is 30.8. The molecule has 0 spiro atoms. The summed E-state index contributed by atoms with van der Waals surface area (Å²) in [6, 6.07) is 0. The van der Waals surface area contributed by atoms with E-state index in [1.54, 1.807) is 0 Å². The molecule has 15 nitrogen and oxygen atoms in total. The number of carbonyl (C=O) groups is 2. The molecule has 2 aliphatic rings. The predicted molar refractivity (Wildman–Crippen MR) is 280 cm³/mol. The van der Waals surface area contributed by atoms with E-state index in [9.17, 15) is 45.3 Å². The Bertz CT molecular complexity index is 1350. The number of hydrogen-bond donors (Lipinski definition) is 7. The van der Waals surface area contributed by atoms with Crippen molar-refractivity contribution in [1.82, 2.24) is 0 Å². The average Bonchev–Trinajstić information content (AvgIpc) is 3.37. The zero-order valence-electron chi connectivity index (χ0n) is 44.9. The largest absolute Gasteiger partial charge is 0.462 e. The lowest BCUT2D eigenvalue weighted by molar-refractivity contribution is -0.332. The number of esters is 2. The molecule has 4 unspecified atom stereocenters. The van der Waals surface area contributed by atoms with Crippen molar-refractivity contribution in [1.29, 1.82) is 0 Å². The summed E-state index contributed by atoms with van der Waals surface area (Å²) in [6.45, 7) is 2.59. The van der Waals surface area contributed by atoms with Gasteiger partial charge in [0, 0.05) is 12.8 Å². The highest BCUT2D eigenvalue weighted by Crippen LogP contribution is 2.27. The minimum atomic E-state index is -1.77. The first-order valence-electron chi connectivity index (χ1n) is 28.9. The normalized spacial score (nSPS) is 25.1. The van der Waals surface area contributed by atoms with Crippen molar-refractivity contribution < 1.29 is 73.8 Å². The van der Waals surface area contributed by atoms with Gasteiger partial charge in [0.05, 0.1) is 19.8 Å². The molecule has 0 saturated carbocycles. The second kappa shape index (κ2) is 44.1. The monoisotopic (exact) mass is 1030 g/mol. The molecule has 2 aliphatic heterocycles. The number of unbranched alkanes of at least 4 members (excludes halogenated alkanes) is 28. The lowest BCUT2D eigenvalue weighted by Gasteiger charge is -2.42. The molecule has 11 atom stereocenters. The second-order valence-electron chi connectivity index (χ2n) is 20.5. The number of aliphatic hydroxyl groups is 7. The molecule has 7 N–H and O–H groups in total. The third-order valence-corrected chi connectivity index (χ3v) is 13.9. The molecule has 0 aliphatic carbocycles. The van der Waals surface area contributed by atoms with Gasteiger partial charge in [-0.2, -0.15) is 0 Å². The fourth-order valence-corrected chi connectivity index (χ4v) is 9.18. The Morgan fingerprint density at radius 1 is 0.431 bits per heavy atom. The van der Waals surface area contributed by atoms with Crippen molar-refractivity contribution in [2.75, 3.05) is 26.4 Å². The zero-order chi connectivity index (χ0) is 52.4. The summed E-state index contributed by atoms with van der Waals surface area (Å²) in [7, 11) is 0. The molecule has 2 rings (SSSR count). The van der Waals surface area contributed by atoms with Crippen molar-refractivity contribution in [2.24, 2.45) is 0 Å². The van der Waals surface area contributed by atoms with Crippen LogP contribution < -0.4 is 0 Å². The van der Waals surface area contributed by atoms with Crippen LogP contribution in [-0.4, -0.2) is 142 Å². The van der Waals surface area contributed by atoms with Gasteiger partial charge in [-0.25, -0.2) is 0 Å². The summed E-state index contributed by atoms with van der Waals surface area (Å²) in [5.74, 6) is -0.964. The van der Waals surface area contributed by atoms with Gasteiger partial charge in [-0.3, -0.25) is 9.59 Å². The van der Waals surface area contributed by atoms with Gasteiger partial charge in [0.2, 0.25) is 0 Å². The van der Waals surface area contributed by atoms with E-state index in [0.717, 1.165) is 38.5 Å². The molecular weight excluding hydrogens is 925 g/mol. The first-order valence-corrected chi connectivity index (χ1v) is 28.9. The van der Waals surface area contributed by atoms with Crippen LogP contribution in [0.4, 0.5) is 0 Å². The van der Waals surface area contributed by atoms with E-state index in [0.29, 0.717) is 19.3 Å². The van der Waals surface area contributed by atoms with Gasteiger partial charge in [-0.15, -0.1) is 0 Å². The van der Waals surface area contributed by atoms with Gasteiger partial charge in [0.1, 0.15) is 55.4 Å². The fourth-order valence-electron chi connectivity index (χ4n) is 9.18. The van der Waals surface area contributed by atoms with Crippen LogP contribution in [0.3, 0.4) is 0 Å². The van der Waals surface area contributed by atoms with Crippen molar-refractivity contribution >= 4 is 11.9 Å². The standard InChI is InChI=1S/C57H104O15/c1-3-5-7-9-11-13-15-17-18-19-20-21-22-23-24-25-26-28-30-32-34-36-38-40-49(60)70-45(42-67-48(59)39-37-35-33-31-29-27-16-14-12-10-8-6-4-2)43-68-56-55(66)53(64)51(62)47(72-56)44-69-57-54(65)52(63)50(61)46(41-58)71-57/h25-26,32,34,45-47,50-58,61-66H,3-24,27-31,33,35-44H2,1-2H3/b26-25+,34-32+/t45-,46+,47+,50-,51-,52?,53?,54?,55?,56+,57+/m1/s1. The third kappa shape index (κ3) is 31.1. The smallest absolute Gasteiger partial charge is 0.306 e. The van der Waals surface area contributed by atoms with Gasteiger partial charge in [0.25, 0.3) is 0 Å². The summed E-state index contributed by atoms with van der Waals surface area (Å²) in [5.41, 5.74) is 0. The van der Waals surface area contributed by atoms with Gasteiger partial charge in [0.15, 0.2) is 18.7 Å². The molecule has 72 heavy (non-hydrogen) atoms. The Morgan fingerprint density at radius 3 is 1.31 bits per heavy atom. The molecule has 422 valence electrons. The van der Waals surface area contributed by atoms with Gasteiger partial charge < -0.3 is 64.2 Å². The van der Waals surface area contributed by atoms with Crippen molar-refractivity contribution in [3.63, 3.8) is 0 Å². The van der Waals surface area contributed by atoms with Crippen LogP contribution in [0, 0.1) is 0 Å². The molecule has 2 heterocycles. The van der Waals surface area contributed by atoms with Crippen LogP contribution >= 0.6 is 0 Å². The highest BCUT2D eigenvalue weighted by molar-refractivity contribution is 5.70. The first-order chi connectivity index (χ1) is 35.0. The predicted octanol–water partition coefficient (Wildman–Crippen LogP) is 9.50. The number of allylic oxidation sites excluding steroid dienone is 4. The summed E-state index contributed by atoms with van der Waals surface area (Å²) in [4.78, 5) is 25.8. The topological polar surface area (TPSA) is 231 Å². The lowest BCUT2D eigenvalue weighted by atomic mass is 9.98. The van der Waals surface area contributed by atoms with Gasteiger partial charge in [-0.05, 0) is 44.9 Å². The Labute approximate surface area is 434 Å². The van der Waals surface area contributed by atoms with E-state index in [1.807, 2.05) is 0 Å². The average molecular weight is 1030 g/mol. The third-order valence-electron chi connectivity index (χ3n) is 13.9. The van der Waals surface area contributed by atoms with Crippen LogP contribution in [0.25, 0.3) is 0 Å². The van der Waals surface area contributed by atoms with E-state index in [1.165, 1.54) is 148 Å². The van der Waals surface area contributed by atoms with E-state index >= 15 is 0 Å². The minimum Gasteiger partial charge on any atom is -0.462 e. The quantitative estimate of drug-likeness (QED) is 0.0171. The van der Waals surface area contributed by atoms with Gasteiger partial charge >= 0.3 is 11.9 Å². The molecule has 0 aromatic carbocycles. The lowest BCUT2D eigenvalue weighted by Crippen LogP contribution is -2.61. The maximum atomic E-state index is 13.0. The molecule has 15 heteroatoms. The Balaban J connectivity index is 1.76. The van der Waals surface area contributed by atoms with E-state index in [2.05, 4.69) is 38.2 Å². The minimum absolute atomic E-state index is 0.109. The number of carbonyl (C=O) groups excluding carboxylic acids is 2. The summed E-state index contributed by atoms with van der Waals surface area (Å²) < 4.78 is 33.6. The summed E-state index contributed by atoms with van der Waals surface area (Å²) in [5, 5.41) is 72.2. The molecule has 2 fully saturated rings. The highest BCUT2D eigenvalue weighted by atomic mass is 16.7. The van der Waals surface area contributed by atoms with E-state index in [4.69, 9.17) is 28.4 Å². The Hall–Kier alpha value is -2.02. The van der Waals surface area contributed by atoms with Crippen LogP contribution in [0.2, 0.25) is 0 Å². The number of hydrogen-bond acceptors (Lipinski definition) is 15. The van der Waals surface area contributed by atoms with E-state index in [-0.39, 0.29) is 19.4 Å². The maximum Gasteiger partial charge on any atom is 0.306 e. The molecule has 0 bridgehead atoms. The summed E-state index contributed by atoms with van der Waals surface area (Å²) >= 11 is 0.